The molecule has 0 unspecified atom stereocenters. The molecule has 0 fully saturated rings. The lowest BCUT2D eigenvalue weighted by atomic mass is 10.1. The SMILES string of the molecule is CCCCC(=O)N(Cc1cc(Oc2c(C)cc(NC(=O)C(=O)OCC)cc2C)ccc1O)c1ccc(F)cc1. The van der Waals surface area contributed by atoms with Gasteiger partial charge >= 0.3 is 11.9 Å². The number of halogens is 1. The summed E-state index contributed by atoms with van der Waals surface area (Å²) in [5.74, 6) is -1.42. The Labute approximate surface area is 227 Å². The molecule has 2 N–H and O–H groups in total. The minimum Gasteiger partial charge on any atom is -0.508 e. The van der Waals surface area contributed by atoms with Crippen LogP contribution < -0.4 is 15.0 Å². The number of nitrogens with zero attached hydrogens (tertiary/aromatic N) is 1. The topological polar surface area (TPSA) is 105 Å². The second-order valence-electron chi connectivity index (χ2n) is 9.07. The average Bonchev–Trinajstić information content (AvgIpc) is 2.90. The highest BCUT2D eigenvalue weighted by Crippen LogP contribution is 2.34. The molecule has 0 heterocycles. The number of phenolic OH excluding ortho intramolecular Hbond substituents is 1. The minimum absolute atomic E-state index is 0.0109. The van der Waals surface area contributed by atoms with Crippen molar-refractivity contribution in [2.45, 2.75) is 53.5 Å². The van der Waals surface area contributed by atoms with Gasteiger partial charge in [0.25, 0.3) is 0 Å². The van der Waals surface area contributed by atoms with Gasteiger partial charge in [0.1, 0.15) is 23.1 Å². The summed E-state index contributed by atoms with van der Waals surface area (Å²) in [4.78, 5) is 38.2. The minimum atomic E-state index is -0.965. The molecule has 0 aliphatic heterocycles. The van der Waals surface area contributed by atoms with Gasteiger partial charge in [0.2, 0.25) is 5.91 Å². The average molecular weight is 537 g/mol. The molecule has 0 saturated carbocycles. The van der Waals surface area contributed by atoms with Crippen LogP contribution in [-0.2, 0) is 25.7 Å². The number of aryl methyl sites for hydroxylation is 2. The van der Waals surface area contributed by atoms with E-state index in [1.54, 1.807) is 45.0 Å². The standard InChI is InChI=1S/C30H33FN2O6/c1-5-7-8-27(35)33(24-11-9-22(31)10-12-24)18-21-17-25(13-14-26(21)34)39-28-19(3)15-23(16-20(28)4)32-29(36)30(37)38-6-2/h9-17,34H,5-8,18H2,1-4H3,(H,32,36). The molecule has 0 aliphatic rings. The number of unbranched alkanes of at least 4 members (excludes halogenated alkanes) is 1. The number of ether oxygens (including phenoxy) is 2. The van der Waals surface area contributed by atoms with Crippen LogP contribution in [0, 0.1) is 19.7 Å². The highest BCUT2D eigenvalue weighted by atomic mass is 19.1. The summed E-state index contributed by atoms with van der Waals surface area (Å²) < 4.78 is 24.4. The van der Waals surface area contributed by atoms with Gasteiger partial charge < -0.3 is 24.8 Å². The molecule has 0 radical (unpaired) electrons. The predicted molar refractivity (Wildman–Crippen MR) is 146 cm³/mol. The first kappa shape index (κ1) is 29.2. The molecule has 2 amide bonds. The number of hydrogen-bond donors (Lipinski definition) is 2. The molecule has 8 nitrogen and oxygen atoms in total. The monoisotopic (exact) mass is 536 g/mol. The Morgan fingerprint density at radius 3 is 2.26 bits per heavy atom. The fourth-order valence-corrected chi connectivity index (χ4v) is 4.01. The summed E-state index contributed by atoms with van der Waals surface area (Å²) in [6, 6.07) is 13.7. The van der Waals surface area contributed by atoms with E-state index in [1.807, 2.05) is 6.92 Å². The van der Waals surface area contributed by atoms with Crippen LogP contribution in [0.4, 0.5) is 15.8 Å². The Bertz CT molecular complexity index is 1320. The summed E-state index contributed by atoms with van der Waals surface area (Å²) in [7, 11) is 0. The summed E-state index contributed by atoms with van der Waals surface area (Å²) in [6.07, 6.45) is 1.88. The van der Waals surface area contributed by atoms with E-state index in [1.165, 1.54) is 35.2 Å². The van der Waals surface area contributed by atoms with Crippen molar-refractivity contribution in [1.82, 2.24) is 0 Å². The molecule has 39 heavy (non-hydrogen) atoms. The second kappa shape index (κ2) is 13.4. The van der Waals surface area contributed by atoms with E-state index in [-0.39, 0.29) is 24.8 Å². The number of benzene rings is 3. The molecular formula is C30H33FN2O6. The Hall–Kier alpha value is -4.40. The van der Waals surface area contributed by atoms with E-state index in [0.717, 1.165) is 6.42 Å². The molecule has 9 heteroatoms. The third-order valence-corrected chi connectivity index (χ3v) is 5.96. The maximum Gasteiger partial charge on any atom is 0.397 e. The lowest BCUT2D eigenvalue weighted by Gasteiger charge is -2.24. The summed E-state index contributed by atoms with van der Waals surface area (Å²) >= 11 is 0. The molecule has 3 aromatic rings. The molecule has 0 atom stereocenters. The third-order valence-electron chi connectivity index (χ3n) is 5.96. The van der Waals surface area contributed by atoms with Crippen LogP contribution in [0.1, 0.15) is 49.8 Å². The van der Waals surface area contributed by atoms with Crippen molar-refractivity contribution < 1.29 is 33.4 Å². The van der Waals surface area contributed by atoms with Crippen LogP contribution in [0.15, 0.2) is 54.6 Å². The maximum atomic E-state index is 13.5. The fourth-order valence-electron chi connectivity index (χ4n) is 4.01. The second-order valence-corrected chi connectivity index (χ2v) is 9.07. The van der Waals surface area contributed by atoms with Gasteiger partial charge in [-0.3, -0.25) is 9.59 Å². The lowest BCUT2D eigenvalue weighted by molar-refractivity contribution is -0.152. The number of aromatic hydroxyl groups is 1. The maximum absolute atomic E-state index is 13.5. The van der Waals surface area contributed by atoms with Crippen LogP contribution in [0.3, 0.4) is 0 Å². The van der Waals surface area contributed by atoms with E-state index in [9.17, 15) is 23.9 Å². The van der Waals surface area contributed by atoms with E-state index < -0.39 is 17.7 Å². The first-order valence-corrected chi connectivity index (χ1v) is 12.8. The highest BCUT2D eigenvalue weighted by molar-refractivity contribution is 6.37. The van der Waals surface area contributed by atoms with Crippen LogP contribution in [0.25, 0.3) is 0 Å². The zero-order chi connectivity index (χ0) is 28.5. The number of phenols is 1. The quantitative estimate of drug-likeness (QED) is 0.237. The predicted octanol–water partition coefficient (Wildman–Crippen LogP) is 6.17. The van der Waals surface area contributed by atoms with Crippen LogP contribution in [0.5, 0.6) is 17.2 Å². The van der Waals surface area contributed by atoms with Gasteiger partial charge in [-0.2, -0.15) is 0 Å². The van der Waals surface area contributed by atoms with Gasteiger partial charge in [-0.15, -0.1) is 0 Å². The molecule has 3 aromatic carbocycles. The molecular weight excluding hydrogens is 503 g/mol. The van der Waals surface area contributed by atoms with Gasteiger partial charge in [0, 0.05) is 23.4 Å². The smallest absolute Gasteiger partial charge is 0.397 e. The number of hydrogen-bond acceptors (Lipinski definition) is 6. The van der Waals surface area contributed by atoms with Crippen LogP contribution in [0.2, 0.25) is 0 Å². The van der Waals surface area contributed by atoms with Gasteiger partial charge in [-0.05, 0) is 92.9 Å². The van der Waals surface area contributed by atoms with Crippen molar-refractivity contribution in [1.29, 1.82) is 0 Å². The van der Waals surface area contributed by atoms with Crippen molar-refractivity contribution in [3.05, 3.63) is 77.1 Å². The van der Waals surface area contributed by atoms with Crippen molar-refractivity contribution >= 4 is 29.2 Å². The normalized spacial score (nSPS) is 10.6. The molecule has 0 aliphatic carbocycles. The first-order valence-electron chi connectivity index (χ1n) is 12.8. The Balaban J connectivity index is 1.84. The highest BCUT2D eigenvalue weighted by Gasteiger charge is 2.20. The molecule has 206 valence electrons. The summed E-state index contributed by atoms with van der Waals surface area (Å²) in [5, 5.41) is 13.1. The summed E-state index contributed by atoms with van der Waals surface area (Å²) in [5.41, 5.74) is 2.80. The lowest BCUT2D eigenvalue weighted by Crippen LogP contribution is -2.30. The Morgan fingerprint density at radius 2 is 1.64 bits per heavy atom. The largest absolute Gasteiger partial charge is 0.508 e. The van der Waals surface area contributed by atoms with Crippen LogP contribution >= 0.6 is 0 Å². The number of anilines is 2. The van der Waals surface area contributed by atoms with Crippen molar-refractivity contribution in [3.8, 4) is 17.2 Å². The molecule has 0 saturated heterocycles. The van der Waals surface area contributed by atoms with E-state index in [4.69, 9.17) is 9.47 Å². The number of esters is 1. The molecule has 0 spiro atoms. The number of rotatable bonds is 10. The number of nitrogens with one attached hydrogen (secondary N) is 1. The fraction of sp³-hybridized carbons (Fsp3) is 0.300. The molecule has 3 rings (SSSR count). The first-order chi connectivity index (χ1) is 18.6. The number of carbonyl (C=O) groups excluding carboxylic acids is 3. The number of carbonyl (C=O) groups is 3. The van der Waals surface area contributed by atoms with E-state index in [2.05, 4.69) is 5.32 Å². The zero-order valence-electron chi connectivity index (χ0n) is 22.5. The van der Waals surface area contributed by atoms with Gasteiger partial charge in [0.05, 0.1) is 13.2 Å². The zero-order valence-corrected chi connectivity index (χ0v) is 22.5. The Kier molecular flexibility index (Phi) is 10.0. The van der Waals surface area contributed by atoms with Crippen molar-refractivity contribution in [2.75, 3.05) is 16.8 Å². The van der Waals surface area contributed by atoms with Crippen molar-refractivity contribution in [2.24, 2.45) is 0 Å². The third kappa shape index (κ3) is 7.80. The van der Waals surface area contributed by atoms with Crippen molar-refractivity contribution in [3.63, 3.8) is 0 Å². The number of amides is 2. The summed E-state index contributed by atoms with van der Waals surface area (Å²) in [6.45, 7) is 7.37. The molecule has 0 bridgehead atoms. The van der Waals surface area contributed by atoms with Gasteiger partial charge in [-0.1, -0.05) is 13.3 Å². The van der Waals surface area contributed by atoms with Crippen LogP contribution in [-0.4, -0.2) is 29.5 Å². The Morgan fingerprint density at radius 1 is 0.974 bits per heavy atom. The van der Waals surface area contributed by atoms with Gasteiger partial charge in [0.15, 0.2) is 0 Å². The van der Waals surface area contributed by atoms with E-state index in [0.29, 0.717) is 52.4 Å². The van der Waals surface area contributed by atoms with E-state index >= 15 is 0 Å². The molecule has 0 aromatic heterocycles. The van der Waals surface area contributed by atoms with Gasteiger partial charge in [-0.25, -0.2) is 9.18 Å².